The van der Waals surface area contributed by atoms with Crippen molar-refractivity contribution in [3.63, 3.8) is 0 Å². The van der Waals surface area contributed by atoms with Crippen molar-refractivity contribution in [1.29, 1.82) is 0 Å². The molecule has 4 aromatic rings. The minimum Gasteiger partial charge on any atom is -0.463 e. The third kappa shape index (κ3) is 4.14. The zero-order chi connectivity index (χ0) is 21.2. The van der Waals surface area contributed by atoms with E-state index in [1.165, 1.54) is 11.8 Å². The minimum absolute atomic E-state index is 0.129. The van der Waals surface area contributed by atoms with Crippen LogP contribution in [0.5, 0.6) is 0 Å². The molecule has 0 N–H and O–H groups in total. The van der Waals surface area contributed by atoms with Gasteiger partial charge in [0.15, 0.2) is 0 Å². The Kier molecular flexibility index (Phi) is 5.58. The van der Waals surface area contributed by atoms with Crippen LogP contribution in [0, 0.1) is 0 Å². The molecule has 1 atom stereocenters. The highest BCUT2D eigenvalue weighted by Crippen LogP contribution is 2.36. The molecule has 0 radical (unpaired) electrons. The Morgan fingerprint density at radius 1 is 1.23 bits per heavy atom. The second kappa shape index (κ2) is 8.66. The molecule has 3 aromatic heterocycles. The molecule has 1 aliphatic rings. The van der Waals surface area contributed by atoms with Gasteiger partial charge < -0.3 is 4.42 Å². The van der Waals surface area contributed by atoms with Crippen molar-refractivity contribution in [2.75, 3.05) is 5.75 Å². The van der Waals surface area contributed by atoms with Gasteiger partial charge in [0.05, 0.1) is 23.7 Å². The van der Waals surface area contributed by atoms with Crippen LogP contribution in [0.25, 0.3) is 5.69 Å². The summed E-state index contributed by atoms with van der Waals surface area (Å²) in [4.78, 5) is 14.2. The molecule has 1 unspecified atom stereocenters. The summed E-state index contributed by atoms with van der Waals surface area (Å²) in [7, 11) is 0. The van der Waals surface area contributed by atoms with E-state index in [0.717, 1.165) is 16.3 Å². The van der Waals surface area contributed by atoms with Crippen LogP contribution in [0.4, 0.5) is 0 Å². The maximum absolute atomic E-state index is 13.1. The number of carbonyl (C=O) groups excluding carboxylic acids is 1. The summed E-state index contributed by atoms with van der Waals surface area (Å²) in [6.45, 7) is 0. The Labute approximate surface area is 190 Å². The number of hydrogen-bond donors (Lipinski definition) is 0. The summed E-state index contributed by atoms with van der Waals surface area (Å²) in [5.74, 6) is 0.692. The third-order valence-electron chi connectivity index (χ3n) is 4.68. The number of nitrogens with zero attached hydrogens (tertiary/aromatic N) is 6. The zero-order valence-corrected chi connectivity index (χ0v) is 18.3. The normalized spacial score (nSPS) is 16.0. The van der Waals surface area contributed by atoms with Crippen LogP contribution in [-0.2, 0) is 4.79 Å². The number of amides is 1. The summed E-state index contributed by atoms with van der Waals surface area (Å²) in [5.41, 5.74) is 1.52. The number of thioether (sulfide) groups is 1. The number of benzene rings is 1. The molecule has 4 heterocycles. The van der Waals surface area contributed by atoms with Gasteiger partial charge in [0.2, 0.25) is 5.16 Å². The van der Waals surface area contributed by atoms with E-state index in [-0.39, 0.29) is 17.7 Å². The highest BCUT2D eigenvalue weighted by Gasteiger charge is 2.34. The van der Waals surface area contributed by atoms with Crippen LogP contribution in [0.3, 0.4) is 0 Å². The van der Waals surface area contributed by atoms with Crippen LogP contribution in [0.15, 0.2) is 74.8 Å². The standard InChI is InChI=1S/C20H15ClN6O2S2/c21-13-5-7-14(8-6-13)26-20(22-24-25-26)31-12-19(28)27-16(18-4-2-10-30-18)11-15(23-27)17-3-1-9-29-17/h1-10,16H,11-12H2. The average Bonchev–Trinajstić information content (AvgIpc) is 3.58. The first-order valence-electron chi connectivity index (χ1n) is 9.33. The van der Waals surface area contributed by atoms with E-state index < -0.39 is 0 Å². The Balaban J connectivity index is 1.34. The van der Waals surface area contributed by atoms with Gasteiger partial charge in [-0.15, -0.1) is 16.4 Å². The smallest absolute Gasteiger partial charge is 0.253 e. The lowest BCUT2D eigenvalue weighted by atomic mass is 10.1. The molecule has 0 aliphatic carbocycles. The molecule has 1 aromatic carbocycles. The predicted octanol–water partition coefficient (Wildman–Crippen LogP) is 4.44. The molecule has 0 saturated carbocycles. The highest BCUT2D eigenvalue weighted by atomic mass is 35.5. The van der Waals surface area contributed by atoms with Crippen LogP contribution in [-0.4, -0.2) is 42.6 Å². The van der Waals surface area contributed by atoms with Crippen LogP contribution >= 0.6 is 34.7 Å². The summed E-state index contributed by atoms with van der Waals surface area (Å²) in [6, 6.07) is 14.7. The van der Waals surface area contributed by atoms with Gasteiger partial charge in [-0.1, -0.05) is 29.4 Å². The monoisotopic (exact) mass is 470 g/mol. The summed E-state index contributed by atoms with van der Waals surface area (Å²) >= 11 is 8.82. The van der Waals surface area contributed by atoms with Crippen molar-refractivity contribution >= 4 is 46.3 Å². The topological polar surface area (TPSA) is 89.4 Å². The quantitative estimate of drug-likeness (QED) is 0.387. The second-order valence-electron chi connectivity index (χ2n) is 6.64. The molecule has 156 valence electrons. The summed E-state index contributed by atoms with van der Waals surface area (Å²) in [6.07, 6.45) is 2.21. The average molecular weight is 471 g/mol. The Hall–Kier alpha value is -2.95. The molecule has 0 bridgehead atoms. The number of thiophene rings is 1. The molecule has 0 saturated heterocycles. The Morgan fingerprint density at radius 2 is 2.10 bits per heavy atom. The number of halogens is 1. The van der Waals surface area contributed by atoms with Crippen molar-refractivity contribution in [1.82, 2.24) is 25.2 Å². The fourth-order valence-electron chi connectivity index (χ4n) is 3.24. The van der Waals surface area contributed by atoms with E-state index in [1.54, 1.807) is 39.4 Å². The van der Waals surface area contributed by atoms with Gasteiger partial charge in [0.25, 0.3) is 5.91 Å². The van der Waals surface area contributed by atoms with Crippen LogP contribution in [0.1, 0.15) is 23.1 Å². The molecular formula is C20H15ClN6O2S2. The number of hydrazone groups is 1. The van der Waals surface area contributed by atoms with Gasteiger partial charge in [-0.3, -0.25) is 4.79 Å². The Bertz CT molecular complexity index is 1210. The Morgan fingerprint density at radius 3 is 2.84 bits per heavy atom. The fraction of sp³-hybridized carbons (Fsp3) is 0.150. The maximum Gasteiger partial charge on any atom is 0.253 e. The van der Waals surface area contributed by atoms with E-state index in [9.17, 15) is 4.79 Å². The molecule has 1 aliphatic heterocycles. The molecule has 0 fully saturated rings. The largest absolute Gasteiger partial charge is 0.463 e. The van der Waals surface area contributed by atoms with E-state index >= 15 is 0 Å². The van der Waals surface area contributed by atoms with Gasteiger partial charge in [-0.05, 0) is 58.3 Å². The molecule has 8 nitrogen and oxygen atoms in total. The first kappa shape index (κ1) is 20.0. The molecule has 5 rings (SSSR count). The van der Waals surface area contributed by atoms with Crippen molar-refractivity contribution in [3.8, 4) is 5.69 Å². The van der Waals surface area contributed by atoms with Crippen LogP contribution in [0.2, 0.25) is 5.02 Å². The number of aromatic nitrogens is 4. The van der Waals surface area contributed by atoms with E-state index in [2.05, 4.69) is 20.6 Å². The number of tetrazole rings is 1. The lowest BCUT2D eigenvalue weighted by Gasteiger charge is -2.20. The first-order chi connectivity index (χ1) is 15.2. The lowest BCUT2D eigenvalue weighted by Crippen LogP contribution is -2.28. The van der Waals surface area contributed by atoms with Gasteiger partial charge in [0, 0.05) is 16.3 Å². The second-order valence-corrected chi connectivity index (χ2v) is 8.99. The number of furan rings is 1. The van der Waals surface area contributed by atoms with Crippen molar-refractivity contribution in [3.05, 3.63) is 75.8 Å². The number of carbonyl (C=O) groups is 1. The fourth-order valence-corrected chi connectivity index (χ4v) is 4.92. The van der Waals surface area contributed by atoms with Gasteiger partial charge >= 0.3 is 0 Å². The van der Waals surface area contributed by atoms with Gasteiger partial charge in [0.1, 0.15) is 11.5 Å². The number of rotatable bonds is 6. The summed E-state index contributed by atoms with van der Waals surface area (Å²) in [5, 5.41) is 21.1. The maximum atomic E-state index is 13.1. The van der Waals surface area contributed by atoms with E-state index in [0.29, 0.717) is 22.4 Å². The SMILES string of the molecule is O=C(CSc1nnnn1-c1ccc(Cl)cc1)N1N=C(c2ccco2)CC1c1cccs1. The van der Waals surface area contributed by atoms with Gasteiger partial charge in [-0.2, -0.15) is 9.78 Å². The van der Waals surface area contributed by atoms with Crippen molar-refractivity contribution < 1.29 is 9.21 Å². The molecule has 1 amide bonds. The predicted molar refractivity (Wildman–Crippen MR) is 119 cm³/mol. The molecule has 31 heavy (non-hydrogen) atoms. The zero-order valence-electron chi connectivity index (χ0n) is 16.0. The van der Waals surface area contributed by atoms with Crippen LogP contribution < -0.4 is 0 Å². The first-order valence-corrected chi connectivity index (χ1v) is 11.6. The highest BCUT2D eigenvalue weighted by molar-refractivity contribution is 7.99. The molecule has 11 heteroatoms. The molecule has 0 spiro atoms. The third-order valence-corrected chi connectivity index (χ3v) is 6.81. The van der Waals surface area contributed by atoms with Crippen molar-refractivity contribution in [2.24, 2.45) is 5.10 Å². The van der Waals surface area contributed by atoms with E-state index in [1.807, 2.05) is 41.8 Å². The molecular weight excluding hydrogens is 456 g/mol. The number of hydrogen-bond acceptors (Lipinski definition) is 8. The van der Waals surface area contributed by atoms with Gasteiger partial charge in [-0.25, -0.2) is 5.01 Å². The van der Waals surface area contributed by atoms with Crippen molar-refractivity contribution in [2.45, 2.75) is 17.6 Å². The lowest BCUT2D eigenvalue weighted by molar-refractivity contribution is -0.130. The minimum atomic E-state index is -0.152. The van der Waals surface area contributed by atoms with E-state index in [4.69, 9.17) is 16.0 Å². The summed E-state index contributed by atoms with van der Waals surface area (Å²) < 4.78 is 7.07.